The maximum Gasteiger partial charge on any atom is 0.260 e. The van der Waals surface area contributed by atoms with Crippen LogP contribution in [0.5, 0.6) is 5.75 Å². The second-order valence-electron chi connectivity index (χ2n) is 9.78. The third-order valence-electron chi connectivity index (χ3n) is 6.80. The number of carbonyl (C=O) groups excluding carboxylic acids is 3. The van der Waals surface area contributed by atoms with E-state index >= 15 is 0 Å². The summed E-state index contributed by atoms with van der Waals surface area (Å²) in [5, 5.41) is 0. The molecule has 0 aromatic heterocycles. The van der Waals surface area contributed by atoms with Crippen molar-refractivity contribution in [2.45, 2.75) is 39.7 Å². The highest BCUT2D eigenvalue weighted by Gasteiger charge is 2.32. The number of benzene rings is 2. The van der Waals surface area contributed by atoms with Crippen LogP contribution < -0.4 is 4.74 Å². The van der Waals surface area contributed by atoms with Crippen LogP contribution in [0.4, 0.5) is 0 Å². The monoisotopic (exact) mass is 477 g/mol. The molecule has 0 aliphatic carbocycles. The minimum absolute atomic E-state index is 0.0382. The Hall–Kier alpha value is -3.35. The molecule has 4 rings (SSSR count). The van der Waals surface area contributed by atoms with Crippen LogP contribution in [0.15, 0.2) is 48.5 Å². The first-order valence-corrected chi connectivity index (χ1v) is 12.5. The van der Waals surface area contributed by atoms with Gasteiger partial charge in [0.2, 0.25) is 11.8 Å². The van der Waals surface area contributed by atoms with E-state index in [1.165, 1.54) is 5.56 Å². The molecule has 0 spiro atoms. The predicted octanol–water partition coefficient (Wildman–Crippen LogP) is 3.28. The molecule has 1 saturated heterocycles. The van der Waals surface area contributed by atoms with Crippen LogP contribution in [-0.2, 0) is 20.8 Å². The second-order valence-corrected chi connectivity index (χ2v) is 9.78. The van der Waals surface area contributed by atoms with Crippen LogP contribution in [0.3, 0.4) is 0 Å². The molecule has 186 valence electrons. The Labute approximate surface area is 207 Å². The number of amides is 3. The van der Waals surface area contributed by atoms with Crippen LogP contribution in [0.1, 0.15) is 49.9 Å². The van der Waals surface area contributed by atoms with Gasteiger partial charge in [0.05, 0.1) is 6.04 Å². The lowest BCUT2D eigenvalue weighted by atomic mass is 9.87. The van der Waals surface area contributed by atoms with Gasteiger partial charge in [0.15, 0.2) is 6.61 Å². The second kappa shape index (κ2) is 10.9. The Kier molecular flexibility index (Phi) is 7.73. The molecule has 0 bridgehead atoms. The molecule has 7 nitrogen and oxygen atoms in total. The van der Waals surface area contributed by atoms with Gasteiger partial charge in [0.25, 0.3) is 5.91 Å². The molecule has 2 aliphatic heterocycles. The molecule has 3 amide bonds. The summed E-state index contributed by atoms with van der Waals surface area (Å²) in [5.74, 6) is 1.03. The molecule has 1 unspecified atom stereocenters. The summed E-state index contributed by atoms with van der Waals surface area (Å²) in [6.45, 7) is 8.47. The smallest absolute Gasteiger partial charge is 0.260 e. The largest absolute Gasteiger partial charge is 0.484 e. The van der Waals surface area contributed by atoms with Gasteiger partial charge in [-0.25, -0.2) is 0 Å². The van der Waals surface area contributed by atoms with Crippen molar-refractivity contribution >= 4 is 17.7 Å². The normalized spacial score (nSPS) is 17.8. The van der Waals surface area contributed by atoms with E-state index in [0.717, 1.165) is 17.5 Å². The van der Waals surface area contributed by atoms with Crippen molar-refractivity contribution in [3.05, 3.63) is 65.2 Å². The summed E-state index contributed by atoms with van der Waals surface area (Å²) >= 11 is 0. The molecule has 2 heterocycles. The van der Waals surface area contributed by atoms with Gasteiger partial charge in [0, 0.05) is 46.1 Å². The summed E-state index contributed by atoms with van der Waals surface area (Å²) in [7, 11) is 0. The van der Waals surface area contributed by atoms with Crippen LogP contribution in [-0.4, -0.2) is 71.8 Å². The standard InChI is InChI=1S/C28H35N3O4/c1-20(2)17-26(33)31-12-11-22-9-10-24(18-25(22)28(31)23-7-5-4-6-8-23)35-19-27(34)30-15-13-29(14-16-30)21(3)32/h4-10,18,20,28H,11-17,19H2,1-3H3. The molecule has 1 atom stereocenters. The highest BCUT2D eigenvalue weighted by atomic mass is 16.5. The van der Waals surface area contributed by atoms with E-state index < -0.39 is 0 Å². The van der Waals surface area contributed by atoms with Crippen molar-refractivity contribution in [3.8, 4) is 5.75 Å². The summed E-state index contributed by atoms with van der Waals surface area (Å²) in [4.78, 5) is 42.9. The van der Waals surface area contributed by atoms with E-state index in [0.29, 0.717) is 50.8 Å². The zero-order valence-corrected chi connectivity index (χ0v) is 20.9. The van der Waals surface area contributed by atoms with Gasteiger partial charge in [-0.3, -0.25) is 14.4 Å². The van der Waals surface area contributed by atoms with Crippen molar-refractivity contribution in [3.63, 3.8) is 0 Å². The van der Waals surface area contributed by atoms with Crippen LogP contribution in [0.2, 0.25) is 0 Å². The maximum atomic E-state index is 13.2. The number of hydrogen-bond donors (Lipinski definition) is 0. The number of hydrogen-bond acceptors (Lipinski definition) is 4. The average molecular weight is 478 g/mol. The molecular formula is C28H35N3O4. The Morgan fingerprint density at radius 2 is 1.60 bits per heavy atom. The fourth-order valence-corrected chi connectivity index (χ4v) is 4.92. The third-order valence-corrected chi connectivity index (χ3v) is 6.80. The highest BCUT2D eigenvalue weighted by molar-refractivity contribution is 5.79. The van der Waals surface area contributed by atoms with Gasteiger partial charge in [0.1, 0.15) is 5.75 Å². The lowest BCUT2D eigenvalue weighted by Gasteiger charge is -2.38. The summed E-state index contributed by atoms with van der Waals surface area (Å²) in [6.07, 6.45) is 1.31. The molecule has 1 fully saturated rings. The molecule has 0 N–H and O–H groups in total. The van der Waals surface area contributed by atoms with Gasteiger partial charge in [-0.15, -0.1) is 0 Å². The molecule has 2 aromatic carbocycles. The molecule has 2 aliphatic rings. The topological polar surface area (TPSA) is 70.2 Å². The molecule has 7 heteroatoms. The van der Waals surface area contributed by atoms with Gasteiger partial charge in [-0.05, 0) is 41.2 Å². The fraction of sp³-hybridized carbons (Fsp3) is 0.464. The summed E-state index contributed by atoms with van der Waals surface area (Å²) in [6, 6.07) is 15.9. The maximum absolute atomic E-state index is 13.2. The van der Waals surface area contributed by atoms with Gasteiger partial charge < -0.3 is 19.4 Å². The Bertz CT molecular complexity index is 1060. The number of rotatable bonds is 6. The van der Waals surface area contributed by atoms with Gasteiger partial charge >= 0.3 is 0 Å². The van der Waals surface area contributed by atoms with Crippen molar-refractivity contribution in [1.29, 1.82) is 0 Å². The fourth-order valence-electron chi connectivity index (χ4n) is 4.92. The van der Waals surface area contributed by atoms with E-state index in [9.17, 15) is 14.4 Å². The van der Waals surface area contributed by atoms with Crippen molar-refractivity contribution in [2.24, 2.45) is 5.92 Å². The highest BCUT2D eigenvalue weighted by Crippen LogP contribution is 2.37. The zero-order valence-electron chi connectivity index (χ0n) is 20.9. The summed E-state index contributed by atoms with van der Waals surface area (Å²) < 4.78 is 5.93. The first-order chi connectivity index (χ1) is 16.8. The minimum Gasteiger partial charge on any atom is -0.484 e. The lowest BCUT2D eigenvalue weighted by Crippen LogP contribution is -2.51. The SMILES string of the molecule is CC(=O)N1CCN(C(=O)COc2ccc3c(c2)C(c2ccccc2)N(C(=O)CC(C)C)CC3)CC1. The number of nitrogens with zero attached hydrogens (tertiary/aromatic N) is 3. The van der Waals surface area contributed by atoms with E-state index in [1.54, 1.807) is 16.7 Å². The number of ether oxygens (including phenoxy) is 1. The van der Waals surface area contributed by atoms with E-state index in [2.05, 4.69) is 32.0 Å². The molecule has 2 aromatic rings. The predicted molar refractivity (Wildman–Crippen MR) is 134 cm³/mol. The quantitative estimate of drug-likeness (QED) is 0.640. The minimum atomic E-state index is -0.176. The number of fused-ring (bicyclic) bond motifs is 1. The molecule has 0 radical (unpaired) electrons. The molecular weight excluding hydrogens is 442 g/mol. The van der Waals surface area contributed by atoms with Crippen LogP contribution in [0.25, 0.3) is 0 Å². The van der Waals surface area contributed by atoms with Gasteiger partial charge in [-0.1, -0.05) is 50.2 Å². The Morgan fingerprint density at radius 3 is 2.26 bits per heavy atom. The van der Waals surface area contributed by atoms with Crippen molar-refractivity contribution in [2.75, 3.05) is 39.3 Å². The molecule has 0 saturated carbocycles. The lowest BCUT2D eigenvalue weighted by molar-refractivity contribution is -0.139. The van der Waals surface area contributed by atoms with Gasteiger partial charge in [-0.2, -0.15) is 0 Å². The summed E-state index contributed by atoms with van der Waals surface area (Å²) in [5.41, 5.74) is 3.33. The Balaban J connectivity index is 1.50. The number of carbonyl (C=O) groups is 3. The zero-order chi connectivity index (χ0) is 24.9. The van der Waals surface area contributed by atoms with Crippen LogP contribution >= 0.6 is 0 Å². The number of piperazine rings is 1. The van der Waals surface area contributed by atoms with Crippen LogP contribution in [0, 0.1) is 5.92 Å². The average Bonchev–Trinajstić information content (AvgIpc) is 2.86. The van der Waals surface area contributed by atoms with E-state index in [1.807, 2.05) is 35.2 Å². The molecule has 35 heavy (non-hydrogen) atoms. The Morgan fingerprint density at radius 1 is 0.914 bits per heavy atom. The van der Waals surface area contributed by atoms with Crippen molar-refractivity contribution < 1.29 is 19.1 Å². The van der Waals surface area contributed by atoms with Crippen molar-refractivity contribution in [1.82, 2.24) is 14.7 Å². The third kappa shape index (κ3) is 5.84. The first-order valence-electron chi connectivity index (χ1n) is 12.5. The first kappa shape index (κ1) is 24.8. The van der Waals surface area contributed by atoms with E-state index in [4.69, 9.17) is 4.74 Å². The van der Waals surface area contributed by atoms with E-state index in [-0.39, 0.29) is 30.4 Å².